The van der Waals surface area contributed by atoms with Gasteiger partial charge >= 0.3 is 6.03 Å². The molecule has 2 aromatic carbocycles. The summed E-state index contributed by atoms with van der Waals surface area (Å²) in [5.41, 5.74) is 5.33. The average molecular weight is 362 g/mol. The Morgan fingerprint density at radius 1 is 0.963 bits per heavy atom. The zero-order valence-electron chi connectivity index (χ0n) is 15.6. The van der Waals surface area contributed by atoms with E-state index in [0.29, 0.717) is 18.2 Å². The van der Waals surface area contributed by atoms with Gasteiger partial charge in [0.25, 0.3) is 0 Å². The van der Waals surface area contributed by atoms with E-state index in [1.807, 2.05) is 69.3 Å². The number of anilines is 2. The Hall–Kier alpha value is -3.41. The summed E-state index contributed by atoms with van der Waals surface area (Å²) in [7, 11) is 0. The van der Waals surface area contributed by atoms with Gasteiger partial charge in [0.2, 0.25) is 5.88 Å². The lowest BCUT2D eigenvalue weighted by molar-refractivity contribution is 0.262. The Morgan fingerprint density at radius 3 is 2.41 bits per heavy atom. The fourth-order valence-corrected chi connectivity index (χ4v) is 2.59. The van der Waals surface area contributed by atoms with Crippen molar-refractivity contribution < 1.29 is 9.53 Å². The molecule has 6 nitrogen and oxygen atoms in total. The van der Waals surface area contributed by atoms with E-state index in [-0.39, 0.29) is 6.03 Å². The molecular formula is C21H22N4O2. The van der Waals surface area contributed by atoms with Crippen molar-refractivity contribution in [2.75, 3.05) is 17.2 Å². The molecule has 0 saturated carbocycles. The second kappa shape index (κ2) is 8.31. The number of amides is 2. The molecule has 2 N–H and O–H groups in total. The predicted molar refractivity (Wildman–Crippen MR) is 107 cm³/mol. The number of hydrogen-bond acceptors (Lipinski definition) is 4. The number of carbonyl (C=O) groups excluding carboxylic acids is 1. The van der Waals surface area contributed by atoms with Crippen LogP contribution in [0.4, 0.5) is 16.2 Å². The number of ether oxygens (including phenoxy) is 1. The van der Waals surface area contributed by atoms with Gasteiger partial charge in [0.1, 0.15) is 0 Å². The fourth-order valence-electron chi connectivity index (χ4n) is 2.59. The number of nitrogens with zero attached hydrogens (tertiary/aromatic N) is 2. The molecule has 6 heteroatoms. The number of carbonyl (C=O) groups is 1. The zero-order valence-corrected chi connectivity index (χ0v) is 15.6. The normalized spacial score (nSPS) is 10.3. The summed E-state index contributed by atoms with van der Waals surface area (Å²) in [6.07, 6.45) is 0. The van der Waals surface area contributed by atoms with Crippen LogP contribution in [0.1, 0.15) is 18.1 Å². The van der Waals surface area contributed by atoms with E-state index in [4.69, 9.17) is 4.74 Å². The first-order chi connectivity index (χ1) is 13.1. The van der Waals surface area contributed by atoms with Gasteiger partial charge in [-0.05, 0) is 56.2 Å². The quantitative estimate of drug-likeness (QED) is 0.683. The number of hydrogen-bond donors (Lipinski definition) is 2. The minimum atomic E-state index is -0.280. The van der Waals surface area contributed by atoms with Crippen LogP contribution >= 0.6 is 0 Å². The second-order valence-electron chi connectivity index (χ2n) is 6.09. The molecule has 138 valence electrons. The molecule has 0 spiro atoms. The van der Waals surface area contributed by atoms with Crippen LogP contribution in [0, 0.1) is 13.8 Å². The molecule has 0 aliphatic carbocycles. The molecule has 0 saturated heterocycles. The largest absolute Gasteiger partial charge is 0.477 e. The lowest BCUT2D eigenvalue weighted by Gasteiger charge is -2.11. The van der Waals surface area contributed by atoms with Crippen molar-refractivity contribution in [3.63, 3.8) is 0 Å². The zero-order chi connectivity index (χ0) is 19.2. The number of aromatic nitrogens is 2. The van der Waals surface area contributed by atoms with Crippen molar-refractivity contribution in [1.82, 2.24) is 10.2 Å². The molecule has 2 amide bonds. The van der Waals surface area contributed by atoms with E-state index in [2.05, 4.69) is 20.8 Å². The first kappa shape index (κ1) is 18.4. The Balaban J connectivity index is 1.65. The summed E-state index contributed by atoms with van der Waals surface area (Å²) < 4.78 is 5.30. The van der Waals surface area contributed by atoms with Crippen molar-refractivity contribution in [2.24, 2.45) is 0 Å². The Kier molecular flexibility index (Phi) is 5.66. The highest BCUT2D eigenvalue weighted by Crippen LogP contribution is 2.21. The van der Waals surface area contributed by atoms with Gasteiger partial charge in [0, 0.05) is 23.0 Å². The SMILES string of the molecule is CCOc1ccc(-c2ccc(NC(=O)Nc3cccc(C)c3C)cc2)nn1. The molecule has 0 aliphatic heterocycles. The van der Waals surface area contributed by atoms with Crippen molar-refractivity contribution in [2.45, 2.75) is 20.8 Å². The summed E-state index contributed by atoms with van der Waals surface area (Å²) in [4.78, 5) is 12.2. The van der Waals surface area contributed by atoms with E-state index in [0.717, 1.165) is 28.1 Å². The summed E-state index contributed by atoms with van der Waals surface area (Å²) in [5.74, 6) is 0.502. The molecule has 0 unspecified atom stereocenters. The Morgan fingerprint density at radius 2 is 1.74 bits per heavy atom. The highest BCUT2D eigenvalue weighted by atomic mass is 16.5. The van der Waals surface area contributed by atoms with Gasteiger partial charge in [-0.25, -0.2) is 4.79 Å². The molecule has 1 aromatic heterocycles. The van der Waals surface area contributed by atoms with Gasteiger partial charge in [0.15, 0.2) is 0 Å². The molecule has 1 heterocycles. The highest BCUT2D eigenvalue weighted by molar-refractivity contribution is 6.00. The fraction of sp³-hybridized carbons (Fsp3) is 0.190. The standard InChI is InChI=1S/C21H22N4O2/c1-4-27-20-13-12-19(24-25-20)16-8-10-17(11-9-16)22-21(26)23-18-7-5-6-14(2)15(18)3/h5-13H,4H2,1-3H3,(H2,22,23,26). The molecule has 0 bridgehead atoms. The highest BCUT2D eigenvalue weighted by Gasteiger charge is 2.07. The molecule has 0 atom stereocenters. The van der Waals surface area contributed by atoms with Gasteiger partial charge < -0.3 is 15.4 Å². The van der Waals surface area contributed by atoms with E-state index in [1.165, 1.54) is 0 Å². The van der Waals surface area contributed by atoms with E-state index in [1.54, 1.807) is 6.07 Å². The van der Waals surface area contributed by atoms with Crippen LogP contribution in [0.15, 0.2) is 54.6 Å². The predicted octanol–water partition coefficient (Wildman–Crippen LogP) is 4.80. The van der Waals surface area contributed by atoms with Gasteiger partial charge in [0.05, 0.1) is 12.3 Å². The maximum atomic E-state index is 12.2. The third kappa shape index (κ3) is 4.61. The number of rotatable bonds is 5. The third-order valence-electron chi connectivity index (χ3n) is 4.22. The molecular weight excluding hydrogens is 340 g/mol. The van der Waals surface area contributed by atoms with Crippen molar-refractivity contribution in [3.8, 4) is 17.1 Å². The molecule has 0 radical (unpaired) electrons. The first-order valence-corrected chi connectivity index (χ1v) is 8.78. The van der Waals surface area contributed by atoms with Crippen LogP contribution in [0.5, 0.6) is 5.88 Å². The summed E-state index contributed by atoms with van der Waals surface area (Å²) in [5, 5.41) is 13.9. The monoisotopic (exact) mass is 362 g/mol. The van der Waals surface area contributed by atoms with Crippen molar-refractivity contribution in [1.29, 1.82) is 0 Å². The lowest BCUT2D eigenvalue weighted by Crippen LogP contribution is -2.20. The van der Waals surface area contributed by atoms with E-state index >= 15 is 0 Å². The topological polar surface area (TPSA) is 76.1 Å². The molecule has 3 aromatic rings. The van der Waals surface area contributed by atoms with Gasteiger partial charge in [-0.1, -0.05) is 24.3 Å². The van der Waals surface area contributed by atoms with Crippen LogP contribution in [0.3, 0.4) is 0 Å². The number of aryl methyl sites for hydroxylation is 1. The maximum Gasteiger partial charge on any atom is 0.323 e. The van der Waals surface area contributed by atoms with E-state index < -0.39 is 0 Å². The Labute approximate surface area is 158 Å². The summed E-state index contributed by atoms with van der Waals surface area (Å²) in [6, 6.07) is 16.6. The van der Waals surface area contributed by atoms with Gasteiger partial charge in [-0.3, -0.25) is 0 Å². The Bertz CT molecular complexity index is 922. The van der Waals surface area contributed by atoms with E-state index in [9.17, 15) is 4.79 Å². The number of benzene rings is 2. The van der Waals surface area contributed by atoms with Crippen molar-refractivity contribution in [3.05, 3.63) is 65.7 Å². The second-order valence-corrected chi connectivity index (χ2v) is 6.09. The van der Waals surface area contributed by atoms with Crippen LogP contribution in [-0.2, 0) is 0 Å². The molecule has 27 heavy (non-hydrogen) atoms. The molecule has 0 fully saturated rings. The van der Waals surface area contributed by atoms with Crippen LogP contribution in [0.25, 0.3) is 11.3 Å². The summed E-state index contributed by atoms with van der Waals surface area (Å²) in [6.45, 7) is 6.45. The number of nitrogens with one attached hydrogen (secondary N) is 2. The minimum absolute atomic E-state index is 0.280. The van der Waals surface area contributed by atoms with Gasteiger partial charge in [-0.15, -0.1) is 10.2 Å². The molecule has 0 aliphatic rings. The third-order valence-corrected chi connectivity index (χ3v) is 4.22. The van der Waals surface area contributed by atoms with Crippen LogP contribution in [-0.4, -0.2) is 22.8 Å². The number of urea groups is 1. The van der Waals surface area contributed by atoms with Crippen LogP contribution < -0.4 is 15.4 Å². The minimum Gasteiger partial charge on any atom is -0.477 e. The summed E-state index contributed by atoms with van der Waals surface area (Å²) >= 11 is 0. The van der Waals surface area contributed by atoms with Crippen LogP contribution in [0.2, 0.25) is 0 Å². The lowest BCUT2D eigenvalue weighted by atomic mass is 10.1. The first-order valence-electron chi connectivity index (χ1n) is 8.78. The smallest absolute Gasteiger partial charge is 0.323 e. The maximum absolute atomic E-state index is 12.2. The molecule has 3 rings (SSSR count). The average Bonchev–Trinajstić information content (AvgIpc) is 2.67. The van der Waals surface area contributed by atoms with Crippen molar-refractivity contribution >= 4 is 17.4 Å². The van der Waals surface area contributed by atoms with Gasteiger partial charge in [-0.2, -0.15) is 0 Å².